The number of rotatable bonds is 4. The van der Waals surface area contributed by atoms with Gasteiger partial charge in [-0.1, -0.05) is 29.5 Å². The summed E-state index contributed by atoms with van der Waals surface area (Å²) >= 11 is 3.17. The molecule has 25 heavy (non-hydrogen) atoms. The van der Waals surface area contributed by atoms with Crippen molar-refractivity contribution in [1.82, 2.24) is 4.57 Å². The van der Waals surface area contributed by atoms with Crippen LogP contribution in [0.25, 0.3) is 10.2 Å². The maximum atomic E-state index is 12.7. The summed E-state index contributed by atoms with van der Waals surface area (Å²) in [6.45, 7) is 8.64. The highest BCUT2D eigenvalue weighted by Crippen LogP contribution is 2.23. The number of aromatic nitrogens is 1. The van der Waals surface area contributed by atoms with Gasteiger partial charge in [0, 0.05) is 17.0 Å². The zero-order chi connectivity index (χ0) is 18.0. The van der Waals surface area contributed by atoms with Crippen LogP contribution in [-0.2, 0) is 6.54 Å². The summed E-state index contributed by atoms with van der Waals surface area (Å²) in [4.78, 5) is 18.8. The predicted octanol–water partition coefficient (Wildman–Crippen LogP) is 4.97. The molecule has 0 saturated heterocycles. The zero-order valence-electron chi connectivity index (χ0n) is 14.6. The van der Waals surface area contributed by atoms with Gasteiger partial charge < -0.3 is 4.57 Å². The Morgan fingerprint density at radius 2 is 2.12 bits per heavy atom. The van der Waals surface area contributed by atoms with Gasteiger partial charge in [0.1, 0.15) is 0 Å². The molecule has 0 fully saturated rings. The molecule has 0 aliphatic carbocycles. The smallest absolute Gasteiger partial charge is 0.279 e. The molecule has 3 aromatic rings. The number of fused-ring (bicyclic) bond motifs is 1. The number of thiazole rings is 1. The second-order valence-electron chi connectivity index (χ2n) is 5.86. The van der Waals surface area contributed by atoms with E-state index in [1.165, 1.54) is 11.1 Å². The second-order valence-corrected chi connectivity index (χ2v) is 7.72. The monoisotopic (exact) mass is 368 g/mol. The van der Waals surface area contributed by atoms with E-state index >= 15 is 0 Å². The lowest BCUT2D eigenvalue weighted by Crippen LogP contribution is -2.16. The molecule has 0 aliphatic heterocycles. The molecule has 128 valence electrons. The van der Waals surface area contributed by atoms with Crippen molar-refractivity contribution in [1.29, 1.82) is 0 Å². The maximum Gasteiger partial charge on any atom is 0.279 e. The fourth-order valence-electron chi connectivity index (χ4n) is 2.81. The van der Waals surface area contributed by atoms with Crippen LogP contribution < -0.4 is 4.80 Å². The quantitative estimate of drug-likeness (QED) is 0.481. The van der Waals surface area contributed by atoms with Gasteiger partial charge in [-0.05, 0) is 55.5 Å². The minimum Gasteiger partial charge on any atom is -0.312 e. The molecule has 1 heterocycles. The van der Waals surface area contributed by atoms with E-state index in [9.17, 15) is 4.79 Å². The van der Waals surface area contributed by atoms with Gasteiger partial charge >= 0.3 is 0 Å². The van der Waals surface area contributed by atoms with Crippen LogP contribution in [0.5, 0.6) is 0 Å². The van der Waals surface area contributed by atoms with Crippen LogP contribution in [0.15, 0.2) is 58.9 Å². The zero-order valence-corrected chi connectivity index (χ0v) is 16.2. The molecule has 0 bridgehead atoms. The van der Waals surface area contributed by atoms with Crippen molar-refractivity contribution in [2.75, 3.05) is 6.26 Å². The highest BCUT2D eigenvalue weighted by atomic mass is 32.2. The molecule has 3 nitrogen and oxygen atoms in total. The average molecular weight is 369 g/mol. The standard InChI is InChI=1S/C20H20N2OS2/c1-5-9-22-17-11-13(2)10-14(3)18(17)25-20(22)21-19(23)15-7-6-8-16(12-15)24-4/h5-8,10-12H,1,9H2,2-4H3. The van der Waals surface area contributed by atoms with Crippen LogP contribution in [0.4, 0.5) is 0 Å². The van der Waals surface area contributed by atoms with Crippen molar-refractivity contribution in [3.05, 3.63) is 70.5 Å². The topological polar surface area (TPSA) is 34.4 Å². The van der Waals surface area contributed by atoms with E-state index in [-0.39, 0.29) is 5.91 Å². The average Bonchev–Trinajstić information content (AvgIpc) is 2.93. The molecule has 5 heteroatoms. The molecule has 1 aromatic heterocycles. The van der Waals surface area contributed by atoms with Crippen molar-refractivity contribution < 1.29 is 4.79 Å². The van der Waals surface area contributed by atoms with Gasteiger partial charge in [-0.2, -0.15) is 4.99 Å². The first-order valence-electron chi connectivity index (χ1n) is 7.98. The lowest BCUT2D eigenvalue weighted by atomic mass is 10.1. The number of carbonyl (C=O) groups excluding carboxylic acids is 1. The molecule has 0 saturated carbocycles. The van der Waals surface area contributed by atoms with Crippen LogP contribution in [0.1, 0.15) is 21.5 Å². The summed E-state index contributed by atoms with van der Waals surface area (Å²) < 4.78 is 3.22. The maximum absolute atomic E-state index is 12.7. The Morgan fingerprint density at radius 3 is 2.84 bits per heavy atom. The number of aryl methyl sites for hydroxylation is 2. The third kappa shape index (κ3) is 3.62. The third-order valence-corrected chi connectivity index (χ3v) is 5.89. The number of thioether (sulfide) groups is 1. The number of hydrogen-bond donors (Lipinski definition) is 0. The van der Waals surface area contributed by atoms with Crippen LogP contribution in [0, 0.1) is 13.8 Å². The first kappa shape index (κ1) is 17.7. The number of hydrogen-bond acceptors (Lipinski definition) is 3. The van der Waals surface area contributed by atoms with E-state index in [0.29, 0.717) is 16.9 Å². The van der Waals surface area contributed by atoms with E-state index in [0.717, 1.165) is 15.1 Å². The second kappa shape index (κ2) is 7.42. The van der Waals surface area contributed by atoms with Crippen molar-refractivity contribution in [2.45, 2.75) is 25.3 Å². The van der Waals surface area contributed by atoms with Gasteiger partial charge in [0.2, 0.25) is 0 Å². The predicted molar refractivity (Wildman–Crippen MR) is 108 cm³/mol. The van der Waals surface area contributed by atoms with Crippen molar-refractivity contribution >= 4 is 39.2 Å². The molecule has 1 amide bonds. The number of amides is 1. The molecule has 0 N–H and O–H groups in total. The lowest BCUT2D eigenvalue weighted by Gasteiger charge is -2.03. The SMILES string of the molecule is C=CCn1c(=NC(=O)c2cccc(SC)c2)sc2c(C)cc(C)cc21. The van der Waals surface area contributed by atoms with Crippen LogP contribution >= 0.6 is 23.1 Å². The summed E-state index contributed by atoms with van der Waals surface area (Å²) in [6, 6.07) is 11.9. The van der Waals surface area contributed by atoms with Gasteiger partial charge in [0.15, 0.2) is 4.80 Å². The molecule has 0 spiro atoms. The number of allylic oxidation sites excluding steroid dienone is 1. The van der Waals surface area contributed by atoms with Crippen LogP contribution in [-0.4, -0.2) is 16.7 Å². The Balaban J connectivity index is 2.17. The van der Waals surface area contributed by atoms with E-state index in [1.54, 1.807) is 23.1 Å². The van der Waals surface area contributed by atoms with Gasteiger partial charge in [-0.3, -0.25) is 4.79 Å². The van der Waals surface area contributed by atoms with E-state index in [2.05, 4.69) is 42.1 Å². The largest absolute Gasteiger partial charge is 0.312 e. The summed E-state index contributed by atoms with van der Waals surface area (Å²) in [6.07, 6.45) is 3.83. The summed E-state index contributed by atoms with van der Waals surface area (Å²) in [5.74, 6) is -0.213. The molecular formula is C20H20N2OS2. The van der Waals surface area contributed by atoms with Crippen molar-refractivity contribution in [2.24, 2.45) is 4.99 Å². The highest BCUT2D eigenvalue weighted by Gasteiger charge is 2.11. The first-order valence-corrected chi connectivity index (χ1v) is 10.0. The molecule has 0 aliphatic rings. The summed E-state index contributed by atoms with van der Waals surface area (Å²) in [5, 5.41) is 0. The van der Waals surface area contributed by atoms with E-state index in [4.69, 9.17) is 0 Å². The van der Waals surface area contributed by atoms with E-state index < -0.39 is 0 Å². The molecule has 3 rings (SSSR count). The highest BCUT2D eigenvalue weighted by molar-refractivity contribution is 7.98. The molecule has 0 unspecified atom stereocenters. The summed E-state index contributed by atoms with van der Waals surface area (Å²) in [7, 11) is 0. The molecule has 0 radical (unpaired) electrons. The Labute approximate surface area is 155 Å². The van der Waals surface area contributed by atoms with Crippen LogP contribution in [0.3, 0.4) is 0 Å². The van der Waals surface area contributed by atoms with Crippen molar-refractivity contribution in [3.8, 4) is 0 Å². The van der Waals surface area contributed by atoms with Crippen LogP contribution in [0.2, 0.25) is 0 Å². The lowest BCUT2D eigenvalue weighted by molar-refractivity contribution is 0.0997. The Morgan fingerprint density at radius 1 is 1.32 bits per heavy atom. The van der Waals surface area contributed by atoms with E-state index in [1.807, 2.05) is 36.6 Å². The van der Waals surface area contributed by atoms with Gasteiger partial charge in [-0.25, -0.2) is 0 Å². The number of nitrogens with zero attached hydrogens (tertiary/aromatic N) is 2. The minimum absolute atomic E-state index is 0.213. The Bertz CT molecular complexity index is 1030. The summed E-state index contributed by atoms with van der Waals surface area (Å²) in [5.41, 5.74) is 4.12. The Hall–Kier alpha value is -2.11. The van der Waals surface area contributed by atoms with Gasteiger partial charge in [0.25, 0.3) is 5.91 Å². The first-order chi connectivity index (χ1) is 12.0. The molecular weight excluding hydrogens is 348 g/mol. The molecule has 0 atom stereocenters. The van der Waals surface area contributed by atoms with Gasteiger partial charge in [-0.15, -0.1) is 18.3 Å². The number of carbonyl (C=O) groups is 1. The third-order valence-electron chi connectivity index (χ3n) is 3.94. The van der Waals surface area contributed by atoms with Gasteiger partial charge in [0.05, 0.1) is 10.2 Å². The fraction of sp³-hybridized carbons (Fsp3) is 0.200. The minimum atomic E-state index is -0.213. The Kier molecular flexibility index (Phi) is 5.25. The normalized spacial score (nSPS) is 11.9. The molecule has 2 aromatic carbocycles. The number of benzene rings is 2. The van der Waals surface area contributed by atoms with Crippen molar-refractivity contribution in [3.63, 3.8) is 0 Å². The fourth-order valence-corrected chi connectivity index (χ4v) is 4.36.